The third-order valence-corrected chi connectivity index (χ3v) is 3.46. The van der Waals surface area contributed by atoms with E-state index in [4.69, 9.17) is 15.5 Å². The lowest BCUT2D eigenvalue weighted by Crippen LogP contribution is -1.96. The van der Waals surface area contributed by atoms with Crippen LogP contribution in [0.15, 0.2) is 12.2 Å². The number of hydrogen-bond acceptors (Lipinski definition) is 2. The zero-order valence-corrected chi connectivity index (χ0v) is 11.4. The average Bonchev–Trinajstić information content (AvgIpc) is 2.24. The molecule has 5 heteroatoms. The number of rotatable bonds is 11. The molecule has 0 aromatic rings. The Morgan fingerprint density at radius 3 is 1.94 bits per heavy atom. The van der Waals surface area contributed by atoms with E-state index in [2.05, 4.69) is 12.2 Å². The Morgan fingerprint density at radius 1 is 0.882 bits per heavy atom. The van der Waals surface area contributed by atoms with Crippen molar-refractivity contribution in [3.63, 3.8) is 0 Å². The van der Waals surface area contributed by atoms with Crippen molar-refractivity contribution >= 4 is 7.60 Å². The van der Waals surface area contributed by atoms with Gasteiger partial charge in [0.25, 0.3) is 0 Å². The van der Waals surface area contributed by atoms with Gasteiger partial charge in [-0.25, -0.2) is 0 Å². The summed E-state index contributed by atoms with van der Waals surface area (Å²) >= 11 is 0. The highest BCUT2D eigenvalue weighted by Crippen LogP contribution is 2.35. The van der Waals surface area contributed by atoms with Crippen LogP contribution in [0.4, 0.5) is 0 Å². The molecule has 0 saturated heterocycles. The minimum atomic E-state index is -3.77. The monoisotopic (exact) mass is 263 g/mol. The number of allylic oxidation sites excluding steroid dienone is 2. The zero-order chi connectivity index (χ0) is 13.0. The van der Waals surface area contributed by atoms with Gasteiger partial charge in [0.2, 0.25) is 0 Å². The maximum Gasteiger partial charge on any atom is 0.325 e. The van der Waals surface area contributed by atoms with Crippen LogP contribution in [0.25, 0.3) is 0 Å². The first-order valence-corrected chi connectivity index (χ1v) is 8.25. The summed E-state index contributed by atoms with van der Waals surface area (Å²) in [5.74, 6) is 0. The summed E-state index contributed by atoms with van der Waals surface area (Å²) in [5, 5.41) is 0. The first-order valence-electron chi connectivity index (χ1n) is 6.46. The van der Waals surface area contributed by atoms with Crippen LogP contribution in [0.1, 0.15) is 51.4 Å². The number of hydrogen-bond donors (Lipinski definition) is 3. The number of unbranched alkanes of at least 4 members (excludes halogenated alkanes) is 6. The molecular formula is C12H26NO3P. The van der Waals surface area contributed by atoms with Gasteiger partial charge in [0.05, 0.1) is 0 Å². The van der Waals surface area contributed by atoms with E-state index < -0.39 is 7.60 Å². The number of nitrogens with two attached hydrogens (primary N) is 1. The molecule has 0 aliphatic rings. The SMILES string of the molecule is NCCCC/C=C\CCCCCCP(=O)(O)O. The Morgan fingerprint density at radius 2 is 1.41 bits per heavy atom. The van der Waals surface area contributed by atoms with Crippen molar-refractivity contribution in [1.29, 1.82) is 0 Å². The van der Waals surface area contributed by atoms with Crippen molar-refractivity contribution in [2.75, 3.05) is 12.7 Å². The first kappa shape index (κ1) is 16.9. The second-order valence-electron chi connectivity index (χ2n) is 4.35. The van der Waals surface area contributed by atoms with Crippen LogP contribution in [0.2, 0.25) is 0 Å². The summed E-state index contributed by atoms with van der Waals surface area (Å²) in [5.41, 5.74) is 5.39. The molecule has 4 nitrogen and oxygen atoms in total. The fraction of sp³-hybridized carbons (Fsp3) is 0.833. The van der Waals surface area contributed by atoms with Crippen molar-refractivity contribution in [3.8, 4) is 0 Å². The highest BCUT2D eigenvalue weighted by atomic mass is 31.2. The lowest BCUT2D eigenvalue weighted by Gasteiger charge is -2.02. The minimum Gasteiger partial charge on any atom is -0.330 e. The van der Waals surface area contributed by atoms with Crippen molar-refractivity contribution in [1.82, 2.24) is 0 Å². The molecule has 0 unspecified atom stereocenters. The molecule has 0 aliphatic carbocycles. The lowest BCUT2D eigenvalue weighted by molar-refractivity contribution is 0.370. The van der Waals surface area contributed by atoms with Crippen LogP contribution in [0.3, 0.4) is 0 Å². The van der Waals surface area contributed by atoms with Crippen LogP contribution in [0.5, 0.6) is 0 Å². The average molecular weight is 263 g/mol. The van der Waals surface area contributed by atoms with Crippen LogP contribution in [0, 0.1) is 0 Å². The van der Waals surface area contributed by atoms with Crippen LogP contribution in [-0.2, 0) is 4.57 Å². The molecule has 0 aromatic heterocycles. The molecule has 0 atom stereocenters. The smallest absolute Gasteiger partial charge is 0.325 e. The molecule has 0 fully saturated rings. The highest BCUT2D eigenvalue weighted by molar-refractivity contribution is 7.51. The third-order valence-electron chi connectivity index (χ3n) is 2.56. The van der Waals surface area contributed by atoms with E-state index in [0.29, 0.717) is 6.42 Å². The summed E-state index contributed by atoms with van der Waals surface area (Å²) in [6.07, 6.45) is 12.5. The van der Waals surface area contributed by atoms with E-state index in [0.717, 1.165) is 51.5 Å². The van der Waals surface area contributed by atoms with Gasteiger partial charge in [0.15, 0.2) is 0 Å². The zero-order valence-electron chi connectivity index (χ0n) is 10.6. The van der Waals surface area contributed by atoms with Crippen LogP contribution >= 0.6 is 7.60 Å². The van der Waals surface area contributed by atoms with Gasteiger partial charge in [-0.15, -0.1) is 0 Å². The van der Waals surface area contributed by atoms with Gasteiger partial charge < -0.3 is 15.5 Å². The molecule has 0 rings (SSSR count). The Labute approximate surface area is 104 Å². The second-order valence-corrected chi connectivity index (χ2v) is 6.12. The molecule has 0 saturated carbocycles. The standard InChI is InChI=1S/C12H26NO3P/c13-11-9-7-5-3-1-2-4-6-8-10-12-17(14,15)16/h1,3H,2,4-13H2,(H2,14,15,16)/b3-1-. The Balaban J connectivity index is 3.15. The van der Waals surface area contributed by atoms with Crippen molar-refractivity contribution in [2.24, 2.45) is 5.73 Å². The summed E-state index contributed by atoms with van der Waals surface area (Å²) in [7, 11) is -3.77. The Hall–Kier alpha value is -0.150. The van der Waals surface area contributed by atoms with E-state index >= 15 is 0 Å². The summed E-state index contributed by atoms with van der Waals surface area (Å²) in [6, 6.07) is 0. The van der Waals surface area contributed by atoms with Gasteiger partial charge in [-0.1, -0.05) is 25.0 Å². The predicted molar refractivity (Wildman–Crippen MR) is 72.0 cm³/mol. The summed E-state index contributed by atoms with van der Waals surface area (Å²) in [4.78, 5) is 17.3. The van der Waals surface area contributed by atoms with Crippen molar-refractivity contribution < 1.29 is 14.4 Å². The van der Waals surface area contributed by atoms with E-state index in [9.17, 15) is 4.57 Å². The van der Waals surface area contributed by atoms with E-state index in [-0.39, 0.29) is 6.16 Å². The Kier molecular flexibility index (Phi) is 10.9. The molecule has 4 N–H and O–H groups in total. The predicted octanol–water partition coefficient (Wildman–Crippen LogP) is 2.80. The van der Waals surface area contributed by atoms with Gasteiger partial charge >= 0.3 is 7.60 Å². The topological polar surface area (TPSA) is 83.6 Å². The largest absolute Gasteiger partial charge is 0.330 e. The third kappa shape index (κ3) is 15.9. The minimum absolute atomic E-state index is 0.0297. The summed E-state index contributed by atoms with van der Waals surface area (Å²) < 4.78 is 10.6. The molecule has 0 spiro atoms. The maximum absolute atomic E-state index is 10.6. The van der Waals surface area contributed by atoms with Crippen molar-refractivity contribution in [3.05, 3.63) is 12.2 Å². The Bertz CT molecular complexity index is 238. The van der Waals surface area contributed by atoms with Crippen LogP contribution in [-0.4, -0.2) is 22.5 Å². The van der Waals surface area contributed by atoms with Gasteiger partial charge in [-0.3, -0.25) is 4.57 Å². The van der Waals surface area contributed by atoms with Gasteiger partial charge in [-0.05, 0) is 45.1 Å². The molecule has 0 aromatic carbocycles. The van der Waals surface area contributed by atoms with Gasteiger partial charge in [-0.2, -0.15) is 0 Å². The highest BCUT2D eigenvalue weighted by Gasteiger charge is 2.10. The molecule has 0 aliphatic heterocycles. The van der Waals surface area contributed by atoms with Crippen LogP contribution < -0.4 is 5.73 Å². The fourth-order valence-corrected chi connectivity index (χ4v) is 2.21. The molecule has 17 heavy (non-hydrogen) atoms. The molecule has 102 valence electrons. The molecule has 0 heterocycles. The maximum atomic E-state index is 10.6. The van der Waals surface area contributed by atoms with E-state index in [1.165, 1.54) is 0 Å². The van der Waals surface area contributed by atoms with Gasteiger partial charge in [0, 0.05) is 6.16 Å². The van der Waals surface area contributed by atoms with Gasteiger partial charge in [0.1, 0.15) is 0 Å². The second kappa shape index (κ2) is 11.0. The fourth-order valence-electron chi connectivity index (χ4n) is 1.58. The molecule has 0 radical (unpaired) electrons. The van der Waals surface area contributed by atoms with E-state index in [1.54, 1.807) is 0 Å². The first-order chi connectivity index (χ1) is 8.06. The molecular weight excluding hydrogens is 237 g/mol. The summed E-state index contributed by atoms with van der Waals surface area (Å²) in [6.45, 7) is 0.771. The van der Waals surface area contributed by atoms with E-state index in [1.807, 2.05) is 0 Å². The lowest BCUT2D eigenvalue weighted by atomic mass is 10.1. The quantitative estimate of drug-likeness (QED) is 0.304. The molecule has 0 amide bonds. The molecule has 0 bridgehead atoms. The van der Waals surface area contributed by atoms with Crippen molar-refractivity contribution in [2.45, 2.75) is 51.4 Å². The normalized spacial score (nSPS) is 12.4.